The number of amides is 1. The second kappa shape index (κ2) is 9.63. The lowest BCUT2D eigenvalue weighted by Crippen LogP contribution is -2.27. The summed E-state index contributed by atoms with van der Waals surface area (Å²) in [6.07, 6.45) is 5.39. The Labute approximate surface area is 163 Å². The van der Waals surface area contributed by atoms with Crippen molar-refractivity contribution in [1.29, 1.82) is 0 Å². The zero-order valence-corrected chi connectivity index (χ0v) is 15.8. The number of aromatic amines is 1. The number of aromatic hydroxyl groups is 1. The lowest BCUT2D eigenvalue weighted by Gasteiger charge is -2.08. The number of hydrogen-bond donors (Lipinski definition) is 3. The molecule has 0 spiro atoms. The number of halogens is 2. The van der Waals surface area contributed by atoms with Gasteiger partial charge in [0.05, 0.1) is 0 Å². The van der Waals surface area contributed by atoms with Crippen molar-refractivity contribution in [2.24, 2.45) is 0 Å². The minimum Gasteiger partial charge on any atom is -0.501 e. The monoisotopic (exact) mass is 433 g/mol. The van der Waals surface area contributed by atoms with Crippen molar-refractivity contribution in [3.63, 3.8) is 0 Å². The third-order valence-corrected chi connectivity index (χ3v) is 4.22. The fraction of sp³-hybridized carbons (Fsp3) is 0.105. The average Bonchev–Trinajstić information content (AvgIpc) is 2.65. The van der Waals surface area contributed by atoms with Crippen LogP contribution in [0.2, 0.25) is 0 Å². The molecule has 0 unspecified atom stereocenters. The highest BCUT2D eigenvalue weighted by Gasteiger charge is 2.17. The van der Waals surface area contributed by atoms with Crippen molar-refractivity contribution in [2.75, 3.05) is 6.54 Å². The topological polar surface area (TPSA) is 95.1 Å². The summed E-state index contributed by atoms with van der Waals surface area (Å²) in [7, 11) is 0. The number of hydrogen-bond acceptors (Lipinski definition) is 4. The standard InChI is InChI=1S/C19H17BrFN3O3/c1-2-13(21)8-5-6-10-22-18(26)16-17(25)19(27)24-15(23-16)11-12-7-3-4-9-14(12)20/h2-9,25H,1,10-11H2,(H,22,26)(H,23,24,27)/b6-5+,13-8+. The van der Waals surface area contributed by atoms with E-state index in [9.17, 15) is 19.1 Å². The van der Waals surface area contributed by atoms with Crippen LogP contribution in [0.1, 0.15) is 21.9 Å². The first-order chi connectivity index (χ1) is 12.9. The Balaban J connectivity index is 2.15. The third kappa shape index (κ3) is 5.75. The lowest BCUT2D eigenvalue weighted by atomic mass is 10.1. The van der Waals surface area contributed by atoms with Crippen molar-refractivity contribution in [2.45, 2.75) is 6.42 Å². The molecule has 140 valence electrons. The molecular weight excluding hydrogens is 417 g/mol. The number of carbonyl (C=O) groups is 1. The van der Waals surface area contributed by atoms with Gasteiger partial charge in [-0.25, -0.2) is 9.37 Å². The lowest BCUT2D eigenvalue weighted by molar-refractivity contribution is 0.0949. The molecular formula is C19H17BrFN3O3. The quantitative estimate of drug-likeness (QED) is 0.584. The van der Waals surface area contributed by atoms with E-state index in [0.717, 1.165) is 16.1 Å². The number of nitrogens with one attached hydrogen (secondary N) is 2. The van der Waals surface area contributed by atoms with Crippen molar-refractivity contribution in [1.82, 2.24) is 15.3 Å². The van der Waals surface area contributed by atoms with Crippen LogP contribution >= 0.6 is 15.9 Å². The molecule has 1 heterocycles. The van der Waals surface area contributed by atoms with E-state index in [2.05, 4.69) is 37.8 Å². The maximum Gasteiger partial charge on any atom is 0.293 e. The molecule has 6 nitrogen and oxygen atoms in total. The number of allylic oxidation sites excluding steroid dienone is 4. The Bertz CT molecular complexity index is 967. The molecule has 0 fully saturated rings. The van der Waals surface area contributed by atoms with Gasteiger partial charge in [0.25, 0.3) is 11.5 Å². The first kappa shape index (κ1) is 20.3. The Kier molecular flexibility index (Phi) is 7.25. The molecule has 0 aliphatic carbocycles. The zero-order chi connectivity index (χ0) is 19.8. The summed E-state index contributed by atoms with van der Waals surface area (Å²) >= 11 is 3.40. The van der Waals surface area contributed by atoms with E-state index in [-0.39, 0.29) is 24.5 Å². The van der Waals surface area contributed by atoms with E-state index in [0.29, 0.717) is 0 Å². The van der Waals surface area contributed by atoms with Gasteiger partial charge in [0.2, 0.25) is 5.75 Å². The summed E-state index contributed by atoms with van der Waals surface area (Å²) in [5, 5.41) is 12.3. The predicted octanol–water partition coefficient (Wildman–Crippen LogP) is 3.15. The van der Waals surface area contributed by atoms with Gasteiger partial charge in [-0.3, -0.25) is 9.59 Å². The van der Waals surface area contributed by atoms with Gasteiger partial charge in [-0.2, -0.15) is 0 Å². The number of carbonyl (C=O) groups excluding carboxylic acids is 1. The number of rotatable bonds is 7. The van der Waals surface area contributed by atoms with E-state index in [1.807, 2.05) is 24.3 Å². The van der Waals surface area contributed by atoms with Gasteiger partial charge in [-0.1, -0.05) is 52.9 Å². The second-order valence-corrected chi connectivity index (χ2v) is 6.23. The summed E-state index contributed by atoms with van der Waals surface area (Å²) in [6, 6.07) is 7.38. The van der Waals surface area contributed by atoms with E-state index in [4.69, 9.17) is 0 Å². The van der Waals surface area contributed by atoms with Crippen LogP contribution in [0.4, 0.5) is 4.39 Å². The normalized spacial score (nSPS) is 11.6. The molecule has 1 aromatic carbocycles. The average molecular weight is 434 g/mol. The van der Waals surface area contributed by atoms with Gasteiger partial charge in [0.15, 0.2) is 5.69 Å². The molecule has 2 rings (SSSR count). The number of aromatic nitrogens is 2. The minimum atomic E-state index is -0.802. The van der Waals surface area contributed by atoms with Crippen LogP contribution in [0.25, 0.3) is 0 Å². The molecule has 0 saturated heterocycles. The van der Waals surface area contributed by atoms with Crippen molar-refractivity contribution in [3.8, 4) is 5.75 Å². The van der Waals surface area contributed by atoms with Gasteiger partial charge in [0.1, 0.15) is 11.7 Å². The van der Waals surface area contributed by atoms with Crippen LogP contribution in [0.5, 0.6) is 5.75 Å². The van der Waals surface area contributed by atoms with Crippen LogP contribution in [0, 0.1) is 0 Å². The fourth-order valence-electron chi connectivity index (χ4n) is 2.11. The molecule has 1 amide bonds. The first-order valence-corrected chi connectivity index (χ1v) is 8.70. The van der Waals surface area contributed by atoms with Gasteiger partial charge in [-0.05, 0) is 23.8 Å². The SMILES string of the molecule is C=C/C(F)=C\C=C\CNC(=O)c1nc(Cc2ccccc2Br)[nH]c(=O)c1O. The van der Waals surface area contributed by atoms with Gasteiger partial charge >= 0.3 is 0 Å². The highest BCUT2D eigenvalue weighted by atomic mass is 79.9. The van der Waals surface area contributed by atoms with E-state index in [1.165, 1.54) is 18.2 Å². The summed E-state index contributed by atoms with van der Waals surface area (Å²) < 4.78 is 13.7. The molecule has 1 aromatic heterocycles. The molecule has 8 heteroatoms. The zero-order valence-electron chi connectivity index (χ0n) is 14.2. The summed E-state index contributed by atoms with van der Waals surface area (Å²) in [5.41, 5.74) is -0.317. The Hall–Kier alpha value is -3.00. The summed E-state index contributed by atoms with van der Waals surface area (Å²) in [5.74, 6) is -1.75. The molecule has 27 heavy (non-hydrogen) atoms. The molecule has 0 atom stereocenters. The number of H-pyrrole nitrogens is 1. The van der Waals surface area contributed by atoms with E-state index in [1.54, 1.807) is 0 Å². The van der Waals surface area contributed by atoms with Crippen LogP contribution in [-0.4, -0.2) is 27.5 Å². The minimum absolute atomic E-state index is 0.0627. The van der Waals surface area contributed by atoms with Crippen LogP contribution in [0.15, 0.2) is 70.2 Å². The molecule has 0 aliphatic heterocycles. The van der Waals surface area contributed by atoms with Crippen molar-refractivity contribution >= 4 is 21.8 Å². The maximum absolute atomic E-state index is 12.9. The Morgan fingerprint density at radius 2 is 2.15 bits per heavy atom. The van der Waals surface area contributed by atoms with Crippen LogP contribution in [0.3, 0.4) is 0 Å². The maximum atomic E-state index is 12.9. The predicted molar refractivity (Wildman–Crippen MR) is 104 cm³/mol. The third-order valence-electron chi connectivity index (χ3n) is 3.44. The largest absolute Gasteiger partial charge is 0.501 e. The van der Waals surface area contributed by atoms with Gasteiger partial charge < -0.3 is 15.4 Å². The Morgan fingerprint density at radius 3 is 2.85 bits per heavy atom. The van der Waals surface area contributed by atoms with E-state index >= 15 is 0 Å². The molecule has 2 aromatic rings. The second-order valence-electron chi connectivity index (χ2n) is 5.37. The number of nitrogens with zero attached hydrogens (tertiary/aromatic N) is 1. The van der Waals surface area contributed by atoms with Crippen LogP contribution < -0.4 is 10.9 Å². The van der Waals surface area contributed by atoms with E-state index < -0.39 is 23.0 Å². The highest BCUT2D eigenvalue weighted by molar-refractivity contribution is 9.10. The molecule has 0 bridgehead atoms. The summed E-state index contributed by atoms with van der Waals surface area (Å²) in [4.78, 5) is 30.6. The van der Waals surface area contributed by atoms with Gasteiger partial charge in [-0.15, -0.1) is 0 Å². The fourth-order valence-corrected chi connectivity index (χ4v) is 2.53. The number of benzene rings is 1. The summed E-state index contributed by atoms with van der Waals surface area (Å²) in [6.45, 7) is 3.33. The van der Waals surface area contributed by atoms with Crippen molar-refractivity contribution in [3.05, 3.63) is 92.9 Å². The van der Waals surface area contributed by atoms with Gasteiger partial charge in [0, 0.05) is 17.4 Å². The Morgan fingerprint density at radius 1 is 1.41 bits per heavy atom. The first-order valence-electron chi connectivity index (χ1n) is 7.91. The molecule has 3 N–H and O–H groups in total. The van der Waals surface area contributed by atoms with Crippen LogP contribution in [-0.2, 0) is 6.42 Å². The molecule has 0 saturated carbocycles. The molecule has 0 aliphatic rings. The highest BCUT2D eigenvalue weighted by Crippen LogP contribution is 2.18. The smallest absolute Gasteiger partial charge is 0.293 e. The van der Waals surface area contributed by atoms with Crippen molar-refractivity contribution < 1.29 is 14.3 Å². The molecule has 0 radical (unpaired) electrons.